The second-order valence-corrected chi connectivity index (χ2v) is 13.2. The highest BCUT2D eigenvalue weighted by Crippen LogP contribution is 2.57. The molecule has 1 unspecified atom stereocenters. The summed E-state index contributed by atoms with van der Waals surface area (Å²) in [5.41, 5.74) is 16.7. The Morgan fingerprint density at radius 2 is 1.22 bits per heavy atom. The summed E-state index contributed by atoms with van der Waals surface area (Å²) in [4.78, 5) is 6.67. The van der Waals surface area contributed by atoms with E-state index in [1.54, 1.807) is 0 Å². The first-order valence-electron chi connectivity index (χ1n) is 17.2. The van der Waals surface area contributed by atoms with Crippen molar-refractivity contribution in [2.75, 3.05) is 10.2 Å². The molecule has 6 aromatic carbocycles. The van der Waals surface area contributed by atoms with E-state index in [0.29, 0.717) is 0 Å². The van der Waals surface area contributed by atoms with Gasteiger partial charge < -0.3 is 10.2 Å². The summed E-state index contributed by atoms with van der Waals surface area (Å²) in [6.45, 7) is 0. The molecule has 0 saturated heterocycles. The van der Waals surface area contributed by atoms with Crippen molar-refractivity contribution in [1.29, 1.82) is 0 Å². The van der Waals surface area contributed by atoms with Crippen LogP contribution in [0.3, 0.4) is 0 Å². The van der Waals surface area contributed by atoms with Gasteiger partial charge in [-0.05, 0) is 97.6 Å². The largest absolute Gasteiger partial charge is 0.359 e. The molecule has 3 nitrogen and oxygen atoms in total. The van der Waals surface area contributed by atoms with Crippen molar-refractivity contribution in [3.05, 3.63) is 211 Å². The summed E-state index contributed by atoms with van der Waals surface area (Å²) >= 11 is 0. The lowest BCUT2D eigenvalue weighted by atomic mass is 9.67. The van der Waals surface area contributed by atoms with Crippen LogP contribution in [0.5, 0.6) is 0 Å². The predicted octanol–water partition coefficient (Wildman–Crippen LogP) is 11.1. The van der Waals surface area contributed by atoms with Gasteiger partial charge in [-0.25, -0.2) is 0 Å². The zero-order chi connectivity index (χ0) is 33.1. The maximum absolute atomic E-state index is 4.33. The minimum Gasteiger partial charge on any atom is -0.359 e. The molecular weight excluding hydrogens is 607 g/mol. The molecular formula is C47H33N3. The molecule has 0 radical (unpaired) electrons. The Bertz CT molecular complexity index is 2410. The number of anilines is 2. The monoisotopic (exact) mass is 639 g/mol. The second-order valence-electron chi connectivity index (χ2n) is 13.2. The van der Waals surface area contributed by atoms with Gasteiger partial charge in [-0.2, -0.15) is 0 Å². The van der Waals surface area contributed by atoms with Crippen LogP contribution in [0.4, 0.5) is 11.4 Å². The number of allylic oxidation sites excluding steroid dienone is 2. The average molecular weight is 640 g/mol. The quantitative estimate of drug-likeness (QED) is 0.203. The van der Waals surface area contributed by atoms with E-state index in [1.165, 1.54) is 61.3 Å². The van der Waals surface area contributed by atoms with Crippen molar-refractivity contribution in [2.24, 2.45) is 0 Å². The van der Waals surface area contributed by atoms with Gasteiger partial charge in [-0.3, -0.25) is 4.98 Å². The lowest BCUT2D eigenvalue weighted by Gasteiger charge is -2.34. The molecule has 1 N–H and O–H groups in total. The summed E-state index contributed by atoms with van der Waals surface area (Å²) in [5, 5.41) is 3.82. The van der Waals surface area contributed by atoms with Crippen molar-refractivity contribution in [3.8, 4) is 44.5 Å². The summed E-state index contributed by atoms with van der Waals surface area (Å²) in [6.07, 6.45) is 12.4. The van der Waals surface area contributed by atoms with E-state index in [1.807, 2.05) is 18.5 Å². The van der Waals surface area contributed by atoms with Crippen LogP contribution in [-0.4, -0.2) is 11.1 Å². The summed E-state index contributed by atoms with van der Waals surface area (Å²) in [6, 6.07) is 55.8. The fourth-order valence-electron chi connectivity index (χ4n) is 8.37. The molecule has 10 rings (SSSR count). The Kier molecular flexibility index (Phi) is 6.47. The maximum Gasteiger partial charge on any atom is 0.123 e. The Morgan fingerprint density at radius 1 is 0.520 bits per heavy atom. The summed E-state index contributed by atoms with van der Waals surface area (Å²) in [7, 11) is 0. The van der Waals surface area contributed by atoms with Crippen molar-refractivity contribution < 1.29 is 0 Å². The number of hydrogen-bond donors (Lipinski definition) is 1. The third kappa shape index (κ3) is 4.27. The second kappa shape index (κ2) is 11.3. The topological polar surface area (TPSA) is 28.2 Å². The van der Waals surface area contributed by atoms with Crippen molar-refractivity contribution in [1.82, 2.24) is 4.98 Å². The van der Waals surface area contributed by atoms with Crippen LogP contribution in [0.2, 0.25) is 0 Å². The smallest absolute Gasteiger partial charge is 0.123 e. The molecule has 2 aliphatic heterocycles. The fourth-order valence-corrected chi connectivity index (χ4v) is 8.37. The average Bonchev–Trinajstić information content (AvgIpc) is 3.72. The Morgan fingerprint density at radius 3 is 1.98 bits per heavy atom. The number of benzene rings is 6. The van der Waals surface area contributed by atoms with Gasteiger partial charge in [0.1, 0.15) is 6.17 Å². The third-order valence-corrected chi connectivity index (χ3v) is 10.6. The number of rotatable bonds is 5. The van der Waals surface area contributed by atoms with Gasteiger partial charge in [0.2, 0.25) is 0 Å². The van der Waals surface area contributed by atoms with E-state index in [4.69, 9.17) is 0 Å². The SMILES string of the molecule is C1=CC2Nc3c(-c4ccc(-c5cccnc5)cc4)cc(-c4ccc5c(c4)C(c4ccccc4)(c4ccccc4)c4ccccc4-5)cc3N2C=C1. The maximum atomic E-state index is 4.33. The first-order chi connectivity index (χ1) is 24.8. The highest BCUT2D eigenvalue weighted by Gasteiger charge is 2.46. The molecule has 3 heteroatoms. The van der Waals surface area contributed by atoms with Crippen LogP contribution < -0.4 is 10.2 Å². The van der Waals surface area contributed by atoms with Crippen LogP contribution in [-0.2, 0) is 5.41 Å². The van der Waals surface area contributed by atoms with E-state index in [-0.39, 0.29) is 6.17 Å². The lowest BCUT2D eigenvalue weighted by Crippen LogP contribution is -2.30. The van der Waals surface area contributed by atoms with Gasteiger partial charge >= 0.3 is 0 Å². The van der Waals surface area contributed by atoms with Crippen LogP contribution in [0.15, 0.2) is 188 Å². The number of nitrogens with one attached hydrogen (secondary N) is 1. The van der Waals surface area contributed by atoms with Gasteiger partial charge in [0.05, 0.1) is 16.8 Å². The highest BCUT2D eigenvalue weighted by atomic mass is 15.3. The normalized spacial score (nSPS) is 15.9. The lowest BCUT2D eigenvalue weighted by molar-refractivity contribution is 0.769. The molecule has 0 spiro atoms. The zero-order valence-corrected chi connectivity index (χ0v) is 27.4. The standard InChI is InChI=1S/C47H33N3/c1-3-13-37(14-4-1)47(38-15-5-2-6-16-38)42-18-8-7-17-39(42)40-25-24-34(29-43(40)47)36-28-41(46-44(30-36)50-27-10-9-19-45(50)49-46)33-22-20-32(21-23-33)35-12-11-26-48-31-35/h1-31,45,49H. The Labute approximate surface area is 292 Å². The first-order valence-corrected chi connectivity index (χ1v) is 17.2. The summed E-state index contributed by atoms with van der Waals surface area (Å²) in [5.74, 6) is 0. The molecule has 0 saturated carbocycles. The molecule has 3 aliphatic rings. The number of nitrogens with zero attached hydrogens (tertiary/aromatic N) is 2. The van der Waals surface area contributed by atoms with E-state index < -0.39 is 5.41 Å². The van der Waals surface area contributed by atoms with Gasteiger partial charge in [-0.15, -0.1) is 0 Å². The minimum absolute atomic E-state index is 0.0806. The first kappa shape index (κ1) is 28.6. The molecule has 7 aromatic rings. The number of pyridine rings is 1. The zero-order valence-electron chi connectivity index (χ0n) is 27.4. The predicted molar refractivity (Wildman–Crippen MR) is 206 cm³/mol. The van der Waals surface area contributed by atoms with Crippen molar-refractivity contribution >= 4 is 11.4 Å². The number of hydrogen-bond acceptors (Lipinski definition) is 3. The van der Waals surface area contributed by atoms with E-state index in [9.17, 15) is 0 Å². The Balaban J connectivity index is 1.19. The molecule has 236 valence electrons. The van der Waals surface area contributed by atoms with Crippen molar-refractivity contribution in [2.45, 2.75) is 11.6 Å². The minimum atomic E-state index is -0.445. The van der Waals surface area contributed by atoms with E-state index in [0.717, 1.165) is 16.8 Å². The fraction of sp³-hybridized carbons (Fsp3) is 0.0426. The number of fused-ring (bicyclic) bond motifs is 6. The molecule has 0 amide bonds. The molecule has 1 aliphatic carbocycles. The van der Waals surface area contributed by atoms with Crippen LogP contribution in [0.1, 0.15) is 22.3 Å². The van der Waals surface area contributed by atoms with Crippen molar-refractivity contribution in [3.63, 3.8) is 0 Å². The number of aromatic nitrogens is 1. The highest BCUT2D eigenvalue weighted by molar-refractivity contribution is 5.97. The van der Waals surface area contributed by atoms with Crippen LogP contribution >= 0.6 is 0 Å². The van der Waals surface area contributed by atoms with Crippen LogP contribution in [0, 0.1) is 0 Å². The molecule has 50 heavy (non-hydrogen) atoms. The van der Waals surface area contributed by atoms with E-state index in [2.05, 4.69) is 185 Å². The summed E-state index contributed by atoms with van der Waals surface area (Å²) < 4.78 is 0. The van der Waals surface area contributed by atoms with Gasteiger partial charge in [0, 0.05) is 24.2 Å². The van der Waals surface area contributed by atoms with E-state index >= 15 is 0 Å². The van der Waals surface area contributed by atoms with Gasteiger partial charge in [0.15, 0.2) is 0 Å². The molecule has 1 atom stereocenters. The Hall–Kier alpha value is -6.45. The molecule has 3 heterocycles. The molecule has 0 bridgehead atoms. The van der Waals surface area contributed by atoms with Gasteiger partial charge in [-0.1, -0.05) is 133 Å². The van der Waals surface area contributed by atoms with Crippen LogP contribution in [0.25, 0.3) is 44.5 Å². The molecule has 0 fully saturated rings. The third-order valence-electron chi connectivity index (χ3n) is 10.6. The molecule has 1 aromatic heterocycles. The van der Waals surface area contributed by atoms with Gasteiger partial charge in [0.25, 0.3) is 0 Å².